The van der Waals surface area contributed by atoms with Crippen molar-refractivity contribution in [3.63, 3.8) is 0 Å². The van der Waals surface area contributed by atoms with E-state index in [1.807, 2.05) is 48.5 Å². The second-order valence-electron chi connectivity index (χ2n) is 18.6. The van der Waals surface area contributed by atoms with Gasteiger partial charge in [0.15, 0.2) is 0 Å². The molecule has 337 valence electrons. The predicted molar refractivity (Wildman–Crippen MR) is 281 cm³/mol. The largest absolute Gasteiger partial charge is 0.486 e. The normalized spacial score (nSPS) is 11.5. The third-order valence-corrected chi connectivity index (χ3v) is 14.4. The summed E-state index contributed by atoms with van der Waals surface area (Å²) in [5.74, 6) is 1.43. The second kappa shape index (κ2) is 19.7. The Kier molecular flexibility index (Phi) is 13.3. The molecule has 4 heterocycles. The van der Waals surface area contributed by atoms with Crippen LogP contribution in [-0.2, 0) is 26.5 Å². The van der Waals surface area contributed by atoms with Crippen LogP contribution in [0.2, 0.25) is 19.6 Å². The van der Waals surface area contributed by atoms with Gasteiger partial charge < -0.3 is 14.0 Å². The molecule has 4 aromatic heterocycles. The molecule has 11 aromatic rings. The van der Waals surface area contributed by atoms with Crippen LogP contribution in [0.15, 0.2) is 193 Å². The minimum absolute atomic E-state index is 0. The fourth-order valence-electron chi connectivity index (χ4n) is 9.19. The predicted octanol–water partition coefficient (Wildman–Crippen LogP) is 15.4. The van der Waals surface area contributed by atoms with E-state index in [0.29, 0.717) is 11.6 Å². The summed E-state index contributed by atoms with van der Waals surface area (Å²) in [6.45, 7) is 13.8. The minimum Gasteiger partial charge on any atom is -0.486 e. The molecule has 5 nitrogen and oxygen atoms in total. The number of para-hydroxylation sites is 3. The van der Waals surface area contributed by atoms with Crippen molar-refractivity contribution < 1.29 is 24.5 Å². The van der Waals surface area contributed by atoms with Crippen LogP contribution >= 0.6 is 0 Å². The summed E-state index contributed by atoms with van der Waals surface area (Å²) >= 11 is 0. The molecule has 0 aliphatic carbocycles. The monoisotopic (exact) mass is 1080 g/mol. The first-order valence-electron chi connectivity index (χ1n) is 23.1. The van der Waals surface area contributed by atoms with E-state index in [-0.39, 0.29) is 20.1 Å². The standard InChI is InChI=1S/C43H28N3O.C18H24NSi.Ir/c1-28-24-25-35(41-39(28)34-26-27-36(45-43(34)47-41)31-18-9-4-10-19-31)42-44-37-22-11-12-23-38(37)46(42)40-32(29-14-5-2-6-15-29)20-13-21-33(40)30-16-7-3-8-17-30;1-14(2)11-16-12-17(15-9-7-6-8-10-15)19-13-18(16)20(3,4)5;/h2-24,26-27H,1H3;6-9,12-14H,11H2,1-5H3;/q2*-1;. The minimum atomic E-state index is -1.34. The SMILES string of the molecule is CC(C)Cc1cc(-c2[c-]cccc2)ncc1[Si](C)(C)C.Cc1c[c-]c(-c2nc3ccccc3n2-c2c(-c3ccccc3)cccc2-c2ccccc2)c2oc3nc(-c4ccccc4)ccc3c12.[Ir]. The Morgan fingerprint density at radius 2 is 1.28 bits per heavy atom. The Hall–Kier alpha value is -7.02. The zero-order valence-electron chi connectivity index (χ0n) is 39.2. The van der Waals surface area contributed by atoms with Gasteiger partial charge in [0.05, 0.1) is 41.9 Å². The number of furan rings is 1. The van der Waals surface area contributed by atoms with E-state index in [0.717, 1.165) is 101 Å². The molecule has 0 spiro atoms. The van der Waals surface area contributed by atoms with Crippen LogP contribution in [0, 0.1) is 25.0 Å². The molecule has 7 aromatic carbocycles. The maximum Gasteiger partial charge on any atom is 0.216 e. The van der Waals surface area contributed by atoms with Gasteiger partial charge in [-0.15, -0.1) is 53.6 Å². The molecule has 0 amide bonds. The molecule has 0 atom stereocenters. The number of nitrogens with zero attached hydrogens (tertiary/aromatic N) is 4. The third kappa shape index (κ3) is 9.18. The van der Waals surface area contributed by atoms with Crippen molar-refractivity contribution in [3.8, 4) is 61.8 Å². The van der Waals surface area contributed by atoms with Crippen LogP contribution in [0.1, 0.15) is 25.0 Å². The number of rotatable bonds is 9. The number of fused-ring (bicyclic) bond motifs is 4. The topological polar surface area (TPSA) is 56.7 Å². The van der Waals surface area contributed by atoms with E-state index in [4.69, 9.17) is 14.4 Å². The maximum atomic E-state index is 6.70. The Bertz CT molecular complexity index is 3450. The van der Waals surface area contributed by atoms with Gasteiger partial charge in [0.1, 0.15) is 0 Å². The zero-order chi connectivity index (χ0) is 46.1. The maximum absolute atomic E-state index is 6.70. The number of aromatic nitrogens is 4. The first kappa shape index (κ1) is 46.1. The van der Waals surface area contributed by atoms with Crippen molar-refractivity contribution in [1.82, 2.24) is 19.5 Å². The average Bonchev–Trinajstić information content (AvgIpc) is 3.94. The molecule has 1 radical (unpaired) electrons. The number of hydrogen-bond acceptors (Lipinski definition) is 4. The van der Waals surface area contributed by atoms with E-state index < -0.39 is 8.07 Å². The molecule has 7 heteroatoms. The molecule has 0 fully saturated rings. The molecule has 0 aliphatic heterocycles. The molecule has 68 heavy (non-hydrogen) atoms. The van der Waals surface area contributed by atoms with E-state index >= 15 is 0 Å². The number of pyridine rings is 2. The molecule has 0 aliphatic rings. The Balaban J connectivity index is 0.000000232. The van der Waals surface area contributed by atoms with E-state index in [1.165, 1.54) is 10.8 Å². The van der Waals surface area contributed by atoms with Crippen LogP contribution < -0.4 is 5.19 Å². The molecular weight excluding hydrogens is 1030 g/mol. The van der Waals surface area contributed by atoms with Crippen molar-refractivity contribution >= 4 is 46.4 Å². The summed E-state index contributed by atoms with van der Waals surface area (Å²) in [7, 11) is -1.34. The van der Waals surface area contributed by atoms with Gasteiger partial charge in [0, 0.05) is 48.4 Å². The van der Waals surface area contributed by atoms with E-state index in [1.54, 1.807) is 0 Å². The van der Waals surface area contributed by atoms with Gasteiger partial charge in [0.25, 0.3) is 0 Å². The Morgan fingerprint density at radius 1 is 0.647 bits per heavy atom. The van der Waals surface area contributed by atoms with Gasteiger partial charge >= 0.3 is 0 Å². The van der Waals surface area contributed by atoms with Crippen molar-refractivity contribution in [2.24, 2.45) is 5.92 Å². The number of benzene rings is 7. The third-order valence-electron chi connectivity index (χ3n) is 12.3. The van der Waals surface area contributed by atoms with Gasteiger partial charge in [0.2, 0.25) is 5.71 Å². The van der Waals surface area contributed by atoms with Crippen LogP contribution in [0.3, 0.4) is 0 Å². The van der Waals surface area contributed by atoms with Crippen molar-refractivity contribution in [1.29, 1.82) is 0 Å². The summed E-state index contributed by atoms with van der Waals surface area (Å²) in [6, 6.07) is 69.6. The summed E-state index contributed by atoms with van der Waals surface area (Å²) in [5, 5.41) is 3.50. The fraction of sp³-hybridized carbons (Fsp3) is 0.131. The van der Waals surface area contributed by atoms with Crippen molar-refractivity contribution in [2.45, 2.75) is 46.8 Å². The van der Waals surface area contributed by atoms with Gasteiger partial charge in [-0.3, -0.25) is 4.98 Å². The molecule has 0 bridgehead atoms. The first-order valence-corrected chi connectivity index (χ1v) is 26.6. The van der Waals surface area contributed by atoms with E-state index in [9.17, 15) is 0 Å². The molecular formula is C61H52IrN4OSi-2. The van der Waals surface area contributed by atoms with Gasteiger partial charge in [-0.2, -0.15) is 0 Å². The number of imidazole rings is 1. The molecule has 0 N–H and O–H groups in total. The molecule has 0 saturated heterocycles. The number of aryl methyl sites for hydroxylation is 1. The van der Waals surface area contributed by atoms with Gasteiger partial charge in [-0.05, 0) is 58.6 Å². The zero-order valence-corrected chi connectivity index (χ0v) is 42.6. The smallest absolute Gasteiger partial charge is 0.216 e. The molecule has 0 unspecified atom stereocenters. The summed E-state index contributed by atoms with van der Waals surface area (Å²) < 4.78 is 8.99. The van der Waals surface area contributed by atoms with Gasteiger partial charge in [-0.1, -0.05) is 184 Å². The first-order chi connectivity index (χ1) is 32.6. The van der Waals surface area contributed by atoms with Crippen LogP contribution in [0.4, 0.5) is 0 Å². The molecule has 0 saturated carbocycles. The quantitative estimate of drug-likeness (QED) is 0.107. The van der Waals surface area contributed by atoms with Crippen LogP contribution in [0.25, 0.3) is 94.9 Å². The van der Waals surface area contributed by atoms with Crippen LogP contribution in [0.5, 0.6) is 0 Å². The molecule has 11 rings (SSSR count). The average molecular weight is 1080 g/mol. The van der Waals surface area contributed by atoms with Crippen molar-refractivity contribution in [3.05, 3.63) is 211 Å². The Labute approximate surface area is 414 Å². The van der Waals surface area contributed by atoms with Gasteiger partial charge in [-0.25, -0.2) is 4.98 Å². The van der Waals surface area contributed by atoms with E-state index in [2.05, 4.69) is 202 Å². The second-order valence-corrected chi connectivity index (χ2v) is 23.7. The summed E-state index contributed by atoms with van der Waals surface area (Å²) in [6.07, 6.45) is 3.24. The summed E-state index contributed by atoms with van der Waals surface area (Å²) in [4.78, 5) is 15.0. The summed E-state index contributed by atoms with van der Waals surface area (Å²) in [5.41, 5.74) is 16.2. The Morgan fingerprint density at radius 3 is 1.91 bits per heavy atom. The fourth-order valence-corrected chi connectivity index (χ4v) is 10.8. The van der Waals surface area contributed by atoms with Crippen LogP contribution in [-0.4, -0.2) is 27.6 Å². The number of hydrogen-bond donors (Lipinski definition) is 0. The van der Waals surface area contributed by atoms with Crippen molar-refractivity contribution in [2.75, 3.05) is 0 Å².